The molecule has 0 unspecified atom stereocenters. The van der Waals surface area contributed by atoms with Gasteiger partial charge in [0, 0.05) is 18.4 Å². The van der Waals surface area contributed by atoms with Crippen molar-refractivity contribution in [2.24, 2.45) is 0 Å². The molecule has 164 valence electrons. The van der Waals surface area contributed by atoms with Crippen molar-refractivity contribution in [2.45, 2.75) is 25.6 Å². The van der Waals surface area contributed by atoms with E-state index in [1.807, 2.05) is 91.0 Å². The number of anilines is 1. The number of aliphatic hydroxyl groups is 1. The van der Waals surface area contributed by atoms with E-state index in [1.165, 1.54) is 0 Å². The molecule has 0 saturated heterocycles. The first-order valence-electron chi connectivity index (χ1n) is 11.2. The number of nitrogens with zero attached hydrogens (tertiary/aromatic N) is 3. The zero-order valence-corrected chi connectivity index (χ0v) is 18.5. The Hall–Kier alpha value is -3.96. The summed E-state index contributed by atoms with van der Waals surface area (Å²) in [5.74, 6) is 0.610. The number of rotatable bonds is 7. The molecule has 2 heterocycles. The maximum Gasteiger partial charge on any atom is 0.173 e. The summed E-state index contributed by atoms with van der Waals surface area (Å²) in [4.78, 5) is 9.35. The molecule has 0 aliphatic carbocycles. The Kier molecular flexibility index (Phi) is 5.63. The summed E-state index contributed by atoms with van der Waals surface area (Å²) in [5, 5.41) is 15.7. The highest BCUT2D eigenvalue weighted by atomic mass is 16.3. The third kappa shape index (κ3) is 3.88. The SMILES string of the molecule is CCn1c(C(O)(c2ccccc2)c2ccccc2)nc2cc(NCc3ccccn3)ccc21. The second-order valence-corrected chi connectivity index (χ2v) is 8.00. The van der Waals surface area contributed by atoms with E-state index in [1.54, 1.807) is 6.20 Å². The summed E-state index contributed by atoms with van der Waals surface area (Å²) in [6, 6.07) is 31.5. The number of fused-ring (bicyclic) bond motifs is 1. The quantitative estimate of drug-likeness (QED) is 0.363. The number of benzene rings is 3. The van der Waals surface area contributed by atoms with Gasteiger partial charge in [-0.25, -0.2) is 4.98 Å². The Morgan fingerprint density at radius 2 is 1.52 bits per heavy atom. The van der Waals surface area contributed by atoms with E-state index in [0.717, 1.165) is 33.5 Å². The minimum atomic E-state index is -1.38. The van der Waals surface area contributed by atoms with E-state index in [4.69, 9.17) is 4.98 Å². The Morgan fingerprint density at radius 1 is 0.848 bits per heavy atom. The van der Waals surface area contributed by atoms with Gasteiger partial charge in [-0.2, -0.15) is 0 Å². The first-order valence-corrected chi connectivity index (χ1v) is 11.2. The van der Waals surface area contributed by atoms with Crippen LogP contribution < -0.4 is 5.32 Å². The maximum atomic E-state index is 12.3. The van der Waals surface area contributed by atoms with Crippen LogP contribution in [0.15, 0.2) is 103 Å². The summed E-state index contributed by atoms with van der Waals surface area (Å²) in [6.07, 6.45) is 1.80. The van der Waals surface area contributed by atoms with Crippen LogP contribution in [0.25, 0.3) is 11.0 Å². The van der Waals surface area contributed by atoms with Gasteiger partial charge in [-0.3, -0.25) is 4.98 Å². The van der Waals surface area contributed by atoms with Crippen molar-refractivity contribution >= 4 is 16.7 Å². The van der Waals surface area contributed by atoms with Gasteiger partial charge in [0.1, 0.15) is 0 Å². The van der Waals surface area contributed by atoms with Gasteiger partial charge < -0.3 is 15.0 Å². The van der Waals surface area contributed by atoms with Crippen molar-refractivity contribution in [1.82, 2.24) is 14.5 Å². The van der Waals surface area contributed by atoms with Crippen molar-refractivity contribution in [3.63, 3.8) is 0 Å². The second kappa shape index (κ2) is 8.88. The molecule has 0 bridgehead atoms. The van der Waals surface area contributed by atoms with Gasteiger partial charge in [-0.15, -0.1) is 0 Å². The third-order valence-corrected chi connectivity index (χ3v) is 5.97. The molecule has 0 fully saturated rings. The Morgan fingerprint density at radius 3 is 2.12 bits per heavy atom. The largest absolute Gasteiger partial charge is 0.379 e. The minimum Gasteiger partial charge on any atom is -0.379 e. The van der Waals surface area contributed by atoms with E-state index in [2.05, 4.69) is 27.9 Å². The van der Waals surface area contributed by atoms with Crippen LogP contribution in [-0.2, 0) is 18.7 Å². The van der Waals surface area contributed by atoms with Gasteiger partial charge in [0.05, 0.1) is 23.3 Å². The molecular weight excluding hydrogens is 408 g/mol. The number of pyridine rings is 1. The molecule has 0 atom stereocenters. The van der Waals surface area contributed by atoms with Crippen LogP contribution in [0.1, 0.15) is 29.6 Å². The highest BCUT2D eigenvalue weighted by Gasteiger charge is 2.38. The van der Waals surface area contributed by atoms with Crippen molar-refractivity contribution in [1.29, 1.82) is 0 Å². The average Bonchev–Trinajstić information content (AvgIpc) is 3.27. The topological polar surface area (TPSA) is 63.0 Å². The summed E-state index contributed by atoms with van der Waals surface area (Å²) in [5.41, 5.74) is 3.95. The summed E-state index contributed by atoms with van der Waals surface area (Å²) >= 11 is 0. The van der Waals surface area contributed by atoms with Crippen LogP contribution in [0.3, 0.4) is 0 Å². The Labute approximate surface area is 193 Å². The Balaban J connectivity index is 1.61. The third-order valence-electron chi connectivity index (χ3n) is 5.97. The fourth-order valence-corrected chi connectivity index (χ4v) is 4.31. The monoisotopic (exact) mass is 434 g/mol. The van der Waals surface area contributed by atoms with Gasteiger partial charge in [-0.05, 0) is 48.4 Å². The lowest BCUT2D eigenvalue weighted by Crippen LogP contribution is -2.32. The molecule has 0 saturated carbocycles. The molecule has 33 heavy (non-hydrogen) atoms. The van der Waals surface area contributed by atoms with E-state index < -0.39 is 5.60 Å². The van der Waals surface area contributed by atoms with Gasteiger partial charge in [0.2, 0.25) is 0 Å². The lowest BCUT2D eigenvalue weighted by Gasteiger charge is -2.29. The van der Waals surface area contributed by atoms with E-state index in [-0.39, 0.29) is 0 Å². The molecule has 2 N–H and O–H groups in total. The molecule has 0 spiro atoms. The zero-order valence-electron chi connectivity index (χ0n) is 18.5. The van der Waals surface area contributed by atoms with Crippen molar-refractivity contribution in [3.05, 3.63) is 126 Å². The number of aromatic nitrogens is 3. The molecule has 0 aliphatic rings. The van der Waals surface area contributed by atoms with E-state index >= 15 is 0 Å². The first kappa shape index (κ1) is 20.9. The molecule has 5 rings (SSSR count). The number of nitrogens with one attached hydrogen (secondary N) is 1. The predicted octanol–water partition coefficient (Wildman–Crippen LogP) is 5.35. The fourth-order valence-electron chi connectivity index (χ4n) is 4.31. The molecule has 5 heteroatoms. The van der Waals surface area contributed by atoms with Gasteiger partial charge >= 0.3 is 0 Å². The standard InChI is InChI=1S/C28H26N4O/c1-2-32-26-17-16-23(30-20-24-15-9-10-18-29-24)19-25(26)31-27(32)28(33,21-11-5-3-6-12-21)22-13-7-4-8-14-22/h3-19,30,33H,2,20H2,1H3. The van der Waals surface area contributed by atoms with Crippen LogP contribution in [-0.4, -0.2) is 19.6 Å². The second-order valence-electron chi connectivity index (χ2n) is 8.00. The normalized spacial score (nSPS) is 11.6. The number of imidazole rings is 1. The number of hydrogen-bond donors (Lipinski definition) is 2. The van der Waals surface area contributed by atoms with Gasteiger partial charge in [0.15, 0.2) is 11.4 Å². The van der Waals surface area contributed by atoms with Crippen LogP contribution in [0.2, 0.25) is 0 Å². The maximum absolute atomic E-state index is 12.3. The molecule has 5 aromatic rings. The van der Waals surface area contributed by atoms with Crippen LogP contribution >= 0.6 is 0 Å². The minimum absolute atomic E-state index is 0.610. The smallest absolute Gasteiger partial charge is 0.173 e. The molecule has 5 nitrogen and oxygen atoms in total. The lowest BCUT2D eigenvalue weighted by molar-refractivity contribution is 0.112. The molecule has 2 aromatic heterocycles. The van der Waals surface area contributed by atoms with E-state index in [0.29, 0.717) is 18.9 Å². The first-order chi connectivity index (χ1) is 16.2. The average molecular weight is 435 g/mol. The fraction of sp³-hybridized carbons (Fsp3) is 0.143. The summed E-state index contributed by atoms with van der Waals surface area (Å²) < 4.78 is 2.10. The summed E-state index contributed by atoms with van der Waals surface area (Å²) in [6.45, 7) is 3.40. The van der Waals surface area contributed by atoms with E-state index in [9.17, 15) is 5.11 Å². The van der Waals surface area contributed by atoms with Crippen molar-refractivity contribution < 1.29 is 5.11 Å². The predicted molar refractivity (Wildman–Crippen MR) is 132 cm³/mol. The van der Waals surface area contributed by atoms with Gasteiger partial charge in [-0.1, -0.05) is 66.7 Å². The van der Waals surface area contributed by atoms with Gasteiger partial charge in [0.25, 0.3) is 0 Å². The van der Waals surface area contributed by atoms with Crippen LogP contribution in [0.4, 0.5) is 5.69 Å². The summed E-state index contributed by atoms with van der Waals surface area (Å²) in [7, 11) is 0. The van der Waals surface area contributed by atoms with Crippen molar-refractivity contribution in [3.8, 4) is 0 Å². The molecule has 0 aliphatic heterocycles. The van der Waals surface area contributed by atoms with Crippen molar-refractivity contribution in [2.75, 3.05) is 5.32 Å². The molecular formula is C28H26N4O. The number of aryl methyl sites for hydroxylation is 1. The molecule has 0 amide bonds. The highest BCUT2D eigenvalue weighted by Crippen LogP contribution is 2.38. The Bertz CT molecular complexity index is 1310. The van der Waals surface area contributed by atoms with Crippen LogP contribution in [0.5, 0.6) is 0 Å². The number of hydrogen-bond acceptors (Lipinski definition) is 4. The lowest BCUT2D eigenvalue weighted by atomic mass is 9.85. The van der Waals surface area contributed by atoms with Crippen LogP contribution in [0, 0.1) is 0 Å². The highest BCUT2D eigenvalue weighted by molar-refractivity contribution is 5.81. The molecule has 0 radical (unpaired) electrons. The zero-order chi connectivity index (χ0) is 22.7. The molecule has 3 aromatic carbocycles.